The highest BCUT2D eigenvalue weighted by Gasteiger charge is 2.36. The van der Waals surface area contributed by atoms with E-state index in [9.17, 15) is 19.2 Å². The van der Waals surface area contributed by atoms with Gasteiger partial charge in [0.2, 0.25) is 17.7 Å². The zero-order chi connectivity index (χ0) is 17.6. The SMILES string of the molecule is CCCC(C(=O)NO)[C@@H](CC(C)C)C(=O)NN1CC(=O)NC1=O. The van der Waals surface area contributed by atoms with Gasteiger partial charge >= 0.3 is 6.03 Å². The quantitative estimate of drug-likeness (QED) is 0.286. The molecule has 0 radical (unpaired) electrons. The van der Waals surface area contributed by atoms with E-state index in [1.54, 1.807) is 5.48 Å². The molecule has 0 saturated carbocycles. The molecule has 0 spiro atoms. The Kier molecular flexibility index (Phi) is 6.95. The van der Waals surface area contributed by atoms with Crippen LogP contribution < -0.4 is 16.2 Å². The molecule has 1 saturated heterocycles. The zero-order valence-corrected chi connectivity index (χ0v) is 13.6. The third-order valence-electron chi connectivity index (χ3n) is 3.63. The van der Waals surface area contributed by atoms with Crippen molar-refractivity contribution in [1.82, 2.24) is 21.2 Å². The summed E-state index contributed by atoms with van der Waals surface area (Å²) in [6.07, 6.45) is 1.48. The van der Waals surface area contributed by atoms with E-state index in [1.165, 1.54) is 0 Å². The normalized spacial score (nSPS) is 17.0. The maximum atomic E-state index is 12.5. The average Bonchev–Trinajstić information content (AvgIpc) is 2.79. The van der Waals surface area contributed by atoms with Crippen LogP contribution in [0.25, 0.3) is 0 Å². The number of hydrazine groups is 1. The molecular formula is C14H24N4O5. The van der Waals surface area contributed by atoms with Gasteiger partial charge in [-0.15, -0.1) is 0 Å². The van der Waals surface area contributed by atoms with E-state index in [4.69, 9.17) is 5.21 Å². The number of hydroxylamine groups is 1. The number of nitrogens with one attached hydrogen (secondary N) is 3. The molecule has 2 atom stereocenters. The molecule has 0 aromatic heterocycles. The molecule has 1 fully saturated rings. The first-order chi connectivity index (χ1) is 10.8. The summed E-state index contributed by atoms with van der Waals surface area (Å²) in [5, 5.41) is 11.8. The zero-order valence-electron chi connectivity index (χ0n) is 13.6. The molecule has 0 aromatic carbocycles. The van der Waals surface area contributed by atoms with Crippen LogP contribution in [0.1, 0.15) is 40.0 Å². The fourth-order valence-electron chi connectivity index (χ4n) is 2.62. The maximum Gasteiger partial charge on any atom is 0.343 e. The van der Waals surface area contributed by atoms with Crippen LogP contribution in [-0.2, 0) is 14.4 Å². The molecule has 0 bridgehead atoms. The summed E-state index contributed by atoms with van der Waals surface area (Å²) in [6, 6.07) is -0.703. The van der Waals surface area contributed by atoms with Crippen molar-refractivity contribution in [2.45, 2.75) is 40.0 Å². The molecular weight excluding hydrogens is 304 g/mol. The lowest BCUT2D eigenvalue weighted by Crippen LogP contribution is -2.50. The van der Waals surface area contributed by atoms with Gasteiger partial charge in [0.05, 0.1) is 11.8 Å². The fraction of sp³-hybridized carbons (Fsp3) is 0.714. The van der Waals surface area contributed by atoms with Crippen LogP contribution in [0.15, 0.2) is 0 Å². The van der Waals surface area contributed by atoms with E-state index in [0.29, 0.717) is 19.3 Å². The lowest BCUT2D eigenvalue weighted by Gasteiger charge is -2.27. The lowest BCUT2D eigenvalue weighted by molar-refractivity contribution is -0.142. The highest BCUT2D eigenvalue weighted by atomic mass is 16.5. The van der Waals surface area contributed by atoms with E-state index in [2.05, 4.69) is 10.7 Å². The second-order valence-corrected chi connectivity index (χ2v) is 6.02. The van der Waals surface area contributed by atoms with E-state index >= 15 is 0 Å². The van der Waals surface area contributed by atoms with E-state index in [1.807, 2.05) is 20.8 Å². The van der Waals surface area contributed by atoms with Gasteiger partial charge in [0.25, 0.3) is 0 Å². The molecule has 1 aliphatic heterocycles. The number of hydrogen-bond acceptors (Lipinski definition) is 5. The summed E-state index contributed by atoms with van der Waals surface area (Å²) >= 11 is 0. The van der Waals surface area contributed by atoms with Crippen LogP contribution in [0.4, 0.5) is 4.79 Å². The molecule has 1 rings (SSSR count). The van der Waals surface area contributed by atoms with Crippen molar-refractivity contribution in [2.24, 2.45) is 17.8 Å². The first-order valence-corrected chi connectivity index (χ1v) is 7.65. The van der Waals surface area contributed by atoms with Crippen LogP contribution in [-0.4, -0.2) is 40.5 Å². The van der Waals surface area contributed by atoms with Crippen LogP contribution in [0.3, 0.4) is 0 Å². The fourth-order valence-corrected chi connectivity index (χ4v) is 2.62. The molecule has 23 heavy (non-hydrogen) atoms. The summed E-state index contributed by atoms with van der Waals surface area (Å²) in [4.78, 5) is 47.1. The van der Waals surface area contributed by atoms with Gasteiger partial charge < -0.3 is 0 Å². The van der Waals surface area contributed by atoms with E-state index < -0.39 is 35.6 Å². The molecule has 0 aliphatic carbocycles. The Bertz CT molecular complexity index is 480. The average molecular weight is 328 g/mol. The summed E-state index contributed by atoms with van der Waals surface area (Å²) < 4.78 is 0. The second-order valence-electron chi connectivity index (χ2n) is 6.02. The maximum absolute atomic E-state index is 12.5. The largest absolute Gasteiger partial charge is 0.343 e. The van der Waals surface area contributed by atoms with Crippen molar-refractivity contribution in [3.8, 4) is 0 Å². The summed E-state index contributed by atoms with van der Waals surface area (Å²) in [7, 11) is 0. The first kappa shape index (κ1) is 18.9. The Hall–Kier alpha value is -2.16. The van der Waals surface area contributed by atoms with Crippen molar-refractivity contribution < 1.29 is 24.4 Å². The Labute approximate surface area is 134 Å². The number of nitrogens with zero attached hydrogens (tertiary/aromatic N) is 1. The molecule has 1 aliphatic rings. The molecule has 5 amide bonds. The smallest absolute Gasteiger partial charge is 0.289 e. The van der Waals surface area contributed by atoms with Crippen molar-refractivity contribution >= 4 is 23.8 Å². The van der Waals surface area contributed by atoms with Crippen molar-refractivity contribution in [3.05, 3.63) is 0 Å². The number of imide groups is 1. The van der Waals surface area contributed by atoms with Crippen molar-refractivity contribution in [2.75, 3.05) is 6.54 Å². The van der Waals surface area contributed by atoms with Crippen LogP contribution >= 0.6 is 0 Å². The molecule has 9 nitrogen and oxygen atoms in total. The van der Waals surface area contributed by atoms with Gasteiger partial charge in [-0.25, -0.2) is 15.3 Å². The molecule has 9 heteroatoms. The Morgan fingerprint density at radius 3 is 2.35 bits per heavy atom. The predicted octanol–water partition coefficient (Wildman–Crippen LogP) is 0.153. The van der Waals surface area contributed by atoms with Gasteiger partial charge in [0.1, 0.15) is 6.54 Å². The first-order valence-electron chi connectivity index (χ1n) is 7.65. The van der Waals surface area contributed by atoms with E-state index in [-0.39, 0.29) is 12.5 Å². The van der Waals surface area contributed by atoms with Crippen molar-refractivity contribution in [1.29, 1.82) is 0 Å². The minimum Gasteiger partial charge on any atom is -0.289 e. The van der Waals surface area contributed by atoms with E-state index in [0.717, 1.165) is 5.01 Å². The number of urea groups is 1. The number of hydrogen-bond donors (Lipinski definition) is 4. The second kappa shape index (κ2) is 8.47. The third-order valence-corrected chi connectivity index (χ3v) is 3.63. The Morgan fingerprint density at radius 2 is 1.91 bits per heavy atom. The third kappa shape index (κ3) is 5.20. The summed E-state index contributed by atoms with van der Waals surface area (Å²) in [5.74, 6) is -2.96. The number of rotatable bonds is 8. The highest BCUT2D eigenvalue weighted by Crippen LogP contribution is 2.25. The minimum absolute atomic E-state index is 0.130. The van der Waals surface area contributed by atoms with Crippen LogP contribution in [0.5, 0.6) is 0 Å². The van der Waals surface area contributed by atoms with Gasteiger partial charge in [-0.1, -0.05) is 27.2 Å². The molecule has 1 heterocycles. The lowest BCUT2D eigenvalue weighted by atomic mass is 9.81. The van der Waals surface area contributed by atoms with Crippen molar-refractivity contribution in [3.63, 3.8) is 0 Å². The number of carbonyl (C=O) groups is 4. The summed E-state index contributed by atoms with van der Waals surface area (Å²) in [6.45, 7) is 5.43. The van der Waals surface area contributed by atoms with Crippen LogP contribution in [0.2, 0.25) is 0 Å². The van der Waals surface area contributed by atoms with Gasteiger partial charge in [-0.2, -0.15) is 0 Å². The number of carbonyl (C=O) groups excluding carboxylic acids is 4. The van der Waals surface area contributed by atoms with Gasteiger partial charge in [0, 0.05) is 0 Å². The minimum atomic E-state index is -0.717. The van der Waals surface area contributed by atoms with Gasteiger partial charge in [-0.05, 0) is 18.8 Å². The van der Waals surface area contributed by atoms with Gasteiger partial charge in [0.15, 0.2) is 0 Å². The molecule has 4 N–H and O–H groups in total. The predicted molar refractivity (Wildman–Crippen MR) is 79.7 cm³/mol. The standard InChI is InChI=1S/C14H24N4O5/c1-4-5-9(13(21)17-23)10(6-8(2)3)12(20)16-18-7-11(19)15-14(18)22/h8-10,23H,4-7H2,1-3H3,(H,16,20)(H,17,21)(H,15,19,22)/t9?,10-/m1/s1. The highest BCUT2D eigenvalue weighted by molar-refractivity contribution is 6.02. The number of amides is 5. The van der Waals surface area contributed by atoms with Crippen LogP contribution in [0, 0.1) is 17.8 Å². The molecule has 0 aromatic rings. The topological polar surface area (TPSA) is 128 Å². The Morgan fingerprint density at radius 1 is 1.26 bits per heavy atom. The molecule has 130 valence electrons. The summed E-state index contributed by atoms with van der Waals surface area (Å²) in [5.41, 5.74) is 3.98. The molecule has 1 unspecified atom stereocenters. The Balaban J connectivity index is 2.90. The van der Waals surface area contributed by atoms with Gasteiger partial charge in [-0.3, -0.25) is 30.3 Å². The monoisotopic (exact) mass is 328 g/mol.